The molecule has 0 aromatic rings. The number of carbonyl (C=O) groups excluding carboxylic acids is 2. The van der Waals surface area contributed by atoms with E-state index in [9.17, 15) is 14.7 Å². The van der Waals surface area contributed by atoms with Crippen molar-refractivity contribution in [2.24, 2.45) is 0 Å². The van der Waals surface area contributed by atoms with Gasteiger partial charge in [0.15, 0.2) is 6.10 Å². The van der Waals surface area contributed by atoms with Crippen LogP contribution in [0.4, 0.5) is 0 Å². The van der Waals surface area contributed by atoms with Crippen molar-refractivity contribution in [2.45, 2.75) is 213 Å². The van der Waals surface area contributed by atoms with Crippen molar-refractivity contribution in [1.29, 1.82) is 0 Å². The van der Waals surface area contributed by atoms with Crippen LogP contribution in [0.15, 0.2) is 36.5 Å². The summed E-state index contributed by atoms with van der Waals surface area (Å²) in [5, 5.41) is 9.56. The maximum Gasteiger partial charge on any atom is 0.306 e. The van der Waals surface area contributed by atoms with Crippen molar-refractivity contribution in [3.05, 3.63) is 36.5 Å². The van der Waals surface area contributed by atoms with Crippen LogP contribution in [0.2, 0.25) is 0 Å². The Bertz CT molecular complexity index is 771. The van der Waals surface area contributed by atoms with E-state index in [1.165, 1.54) is 128 Å². The summed E-state index contributed by atoms with van der Waals surface area (Å²) in [4.78, 5) is 24.3. The van der Waals surface area contributed by atoms with E-state index in [1.54, 1.807) is 0 Å². The van der Waals surface area contributed by atoms with Crippen LogP contribution < -0.4 is 0 Å². The van der Waals surface area contributed by atoms with Crippen molar-refractivity contribution < 1.29 is 24.2 Å². The minimum atomic E-state index is -0.778. The number of hydrogen-bond acceptors (Lipinski definition) is 5. The lowest BCUT2D eigenvalue weighted by atomic mass is 10.1. The lowest BCUT2D eigenvalue weighted by Gasteiger charge is -2.15. The predicted octanol–water partition coefficient (Wildman–Crippen LogP) is 12.8. The third kappa shape index (κ3) is 36.9. The van der Waals surface area contributed by atoms with E-state index in [0.29, 0.717) is 12.8 Å². The summed E-state index contributed by atoms with van der Waals surface area (Å²) in [5.74, 6) is -0.608. The number of rotatable bonds is 37. The number of allylic oxidation sites excluding steroid dienone is 6. The molecule has 0 aromatic heterocycles. The Labute approximate surface area is 297 Å². The summed E-state index contributed by atoms with van der Waals surface area (Å²) in [7, 11) is 0. The molecule has 0 rings (SSSR count). The zero-order valence-electron chi connectivity index (χ0n) is 31.7. The van der Waals surface area contributed by atoms with Crippen LogP contribution in [0.3, 0.4) is 0 Å². The Hall–Kier alpha value is -1.88. The first-order valence-corrected chi connectivity index (χ1v) is 20.5. The van der Waals surface area contributed by atoms with Crippen LogP contribution in [-0.4, -0.2) is 36.4 Å². The van der Waals surface area contributed by atoms with E-state index in [1.807, 2.05) is 0 Å². The zero-order chi connectivity index (χ0) is 35.0. The number of ether oxygens (including phenoxy) is 2. The van der Waals surface area contributed by atoms with Crippen LogP contribution in [0.5, 0.6) is 0 Å². The monoisotopic (exact) mass is 675 g/mol. The molecule has 5 nitrogen and oxygen atoms in total. The third-order valence-corrected chi connectivity index (χ3v) is 8.91. The van der Waals surface area contributed by atoms with Crippen LogP contribution in [0.1, 0.15) is 206 Å². The Morgan fingerprint density at radius 3 is 1.27 bits per heavy atom. The van der Waals surface area contributed by atoms with Gasteiger partial charge in [-0.25, -0.2) is 0 Å². The number of unbranched alkanes of at least 4 members (excludes halogenated alkanes) is 23. The smallest absolute Gasteiger partial charge is 0.306 e. The molecule has 0 fully saturated rings. The minimum absolute atomic E-state index is 0.0726. The molecule has 1 N–H and O–H groups in total. The molecule has 0 bridgehead atoms. The average Bonchev–Trinajstić information content (AvgIpc) is 3.09. The molecular formula is C43H78O5. The van der Waals surface area contributed by atoms with Gasteiger partial charge in [0.05, 0.1) is 6.61 Å². The maximum absolute atomic E-state index is 12.2. The van der Waals surface area contributed by atoms with E-state index in [4.69, 9.17) is 9.47 Å². The molecule has 1 unspecified atom stereocenters. The van der Waals surface area contributed by atoms with Gasteiger partial charge in [0.2, 0.25) is 0 Å². The van der Waals surface area contributed by atoms with Crippen LogP contribution in [-0.2, 0) is 19.1 Å². The van der Waals surface area contributed by atoms with Crippen LogP contribution in [0.25, 0.3) is 0 Å². The quantitative estimate of drug-likeness (QED) is 0.0403. The minimum Gasteiger partial charge on any atom is -0.462 e. The highest BCUT2D eigenvalue weighted by Crippen LogP contribution is 2.13. The number of aliphatic hydroxyl groups excluding tert-OH is 1. The Balaban J connectivity index is 3.57. The molecule has 0 aliphatic rings. The molecule has 0 heterocycles. The Morgan fingerprint density at radius 2 is 0.833 bits per heavy atom. The van der Waals surface area contributed by atoms with Gasteiger partial charge in [0.25, 0.3) is 0 Å². The fourth-order valence-corrected chi connectivity index (χ4v) is 5.75. The largest absolute Gasteiger partial charge is 0.462 e. The zero-order valence-corrected chi connectivity index (χ0v) is 31.7. The van der Waals surface area contributed by atoms with Gasteiger partial charge in [-0.05, 0) is 70.6 Å². The summed E-state index contributed by atoms with van der Waals surface area (Å²) in [6, 6.07) is 0. The topological polar surface area (TPSA) is 72.8 Å². The maximum atomic E-state index is 12.2. The molecule has 0 spiro atoms. The van der Waals surface area contributed by atoms with Gasteiger partial charge >= 0.3 is 11.9 Å². The lowest BCUT2D eigenvalue weighted by Crippen LogP contribution is -2.28. The molecule has 48 heavy (non-hydrogen) atoms. The number of aliphatic hydroxyl groups is 1. The van der Waals surface area contributed by atoms with Gasteiger partial charge in [0, 0.05) is 12.8 Å². The van der Waals surface area contributed by atoms with E-state index >= 15 is 0 Å². The predicted molar refractivity (Wildman–Crippen MR) is 205 cm³/mol. The van der Waals surface area contributed by atoms with Crippen LogP contribution in [0, 0.1) is 0 Å². The van der Waals surface area contributed by atoms with E-state index in [-0.39, 0.29) is 25.2 Å². The first-order valence-electron chi connectivity index (χ1n) is 20.5. The van der Waals surface area contributed by atoms with Gasteiger partial charge in [-0.15, -0.1) is 0 Å². The molecule has 280 valence electrons. The van der Waals surface area contributed by atoms with Gasteiger partial charge in [0.1, 0.15) is 6.61 Å². The van der Waals surface area contributed by atoms with E-state index < -0.39 is 6.10 Å². The molecule has 0 saturated heterocycles. The first kappa shape index (κ1) is 46.1. The molecule has 0 aromatic carbocycles. The van der Waals surface area contributed by atoms with E-state index in [2.05, 4.69) is 50.3 Å². The summed E-state index contributed by atoms with van der Waals surface area (Å²) >= 11 is 0. The number of carbonyl (C=O) groups is 2. The second kappa shape index (κ2) is 39.6. The molecule has 0 aliphatic heterocycles. The number of esters is 2. The van der Waals surface area contributed by atoms with Gasteiger partial charge in [-0.1, -0.05) is 159 Å². The van der Waals surface area contributed by atoms with Gasteiger partial charge < -0.3 is 14.6 Å². The van der Waals surface area contributed by atoms with E-state index in [0.717, 1.165) is 51.4 Å². The second-order valence-electron chi connectivity index (χ2n) is 13.7. The summed E-state index contributed by atoms with van der Waals surface area (Å²) in [6.45, 7) is 4.11. The normalized spacial score (nSPS) is 12.5. The summed E-state index contributed by atoms with van der Waals surface area (Å²) < 4.78 is 10.6. The first-order chi connectivity index (χ1) is 23.6. The fourth-order valence-electron chi connectivity index (χ4n) is 5.75. The standard InChI is InChI=1S/C43H78O5/c1-3-5-7-9-11-13-15-17-19-21-22-24-25-27-29-31-33-35-37-42(45)47-40-41(39-44)48-43(46)38-36-34-32-30-28-26-23-20-18-16-14-12-10-8-6-4-2/h14,16,19-21,23,41,44H,3-13,15,17-18,22,24-40H2,1-2H3/b16-14-,21-19-,23-20-. The van der Waals surface area contributed by atoms with Gasteiger partial charge in [-0.2, -0.15) is 0 Å². The lowest BCUT2D eigenvalue weighted by molar-refractivity contribution is -0.161. The summed E-state index contributed by atoms with van der Waals surface area (Å²) in [6.07, 6.45) is 47.7. The highest BCUT2D eigenvalue weighted by atomic mass is 16.6. The van der Waals surface area contributed by atoms with Crippen molar-refractivity contribution in [1.82, 2.24) is 0 Å². The molecule has 1 atom stereocenters. The molecule has 0 saturated carbocycles. The Morgan fingerprint density at radius 1 is 0.479 bits per heavy atom. The number of hydrogen-bond donors (Lipinski definition) is 1. The second-order valence-corrected chi connectivity index (χ2v) is 13.7. The molecule has 5 heteroatoms. The van der Waals surface area contributed by atoms with Gasteiger partial charge in [-0.3, -0.25) is 9.59 Å². The molecular weight excluding hydrogens is 596 g/mol. The van der Waals surface area contributed by atoms with Crippen molar-refractivity contribution >= 4 is 11.9 Å². The molecule has 0 radical (unpaired) electrons. The highest BCUT2D eigenvalue weighted by molar-refractivity contribution is 5.70. The average molecular weight is 675 g/mol. The SMILES string of the molecule is CCCCCC/C=C\C/C=C\CCCCCCCC(=O)OC(CO)COC(=O)CCCCCCCCC/C=C\CCCCCCCCC. The Kier molecular flexibility index (Phi) is 38.0. The highest BCUT2D eigenvalue weighted by Gasteiger charge is 2.16. The summed E-state index contributed by atoms with van der Waals surface area (Å²) in [5.41, 5.74) is 0. The molecule has 0 aliphatic carbocycles. The van der Waals surface area contributed by atoms with Crippen molar-refractivity contribution in [2.75, 3.05) is 13.2 Å². The van der Waals surface area contributed by atoms with Crippen LogP contribution >= 0.6 is 0 Å². The third-order valence-electron chi connectivity index (χ3n) is 8.91. The fraction of sp³-hybridized carbons (Fsp3) is 0.814. The molecule has 0 amide bonds. The van der Waals surface area contributed by atoms with Crippen molar-refractivity contribution in [3.63, 3.8) is 0 Å². The van der Waals surface area contributed by atoms with Crippen molar-refractivity contribution in [3.8, 4) is 0 Å².